The lowest BCUT2D eigenvalue weighted by Gasteiger charge is -2.38. The molecule has 1 saturated heterocycles. The van der Waals surface area contributed by atoms with Gasteiger partial charge in [-0.05, 0) is 25.0 Å². The summed E-state index contributed by atoms with van der Waals surface area (Å²) in [4.78, 5) is 28.7. The van der Waals surface area contributed by atoms with Crippen LogP contribution in [0.1, 0.15) is 26.2 Å². The van der Waals surface area contributed by atoms with Crippen molar-refractivity contribution >= 4 is 29.1 Å². The molecular weight excluding hydrogens is 390 g/mol. The van der Waals surface area contributed by atoms with Gasteiger partial charge in [0.1, 0.15) is 5.70 Å². The molecule has 29 heavy (non-hydrogen) atoms. The van der Waals surface area contributed by atoms with Crippen molar-refractivity contribution in [2.75, 3.05) is 31.6 Å². The number of allylic oxidation sites excluding steroid dienone is 1. The van der Waals surface area contributed by atoms with E-state index in [0.29, 0.717) is 41.7 Å². The zero-order valence-electron chi connectivity index (χ0n) is 16.7. The van der Waals surface area contributed by atoms with E-state index in [1.807, 2.05) is 17.0 Å². The molecule has 6 nitrogen and oxygen atoms in total. The number of carbonyl (C=O) groups excluding carboxylic acids is 2. The average molecular weight is 418 g/mol. The summed E-state index contributed by atoms with van der Waals surface area (Å²) in [6, 6.07) is 7.09. The van der Waals surface area contributed by atoms with Gasteiger partial charge in [-0.15, -0.1) is 0 Å². The van der Waals surface area contributed by atoms with E-state index in [2.05, 4.69) is 18.8 Å². The summed E-state index contributed by atoms with van der Waals surface area (Å²) < 4.78 is 0. The van der Waals surface area contributed by atoms with E-state index in [-0.39, 0.29) is 18.4 Å². The Morgan fingerprint density at radius 2 is 2.07 bits per heavy atom. The molecule has 2 rings (SSSR count). The number of benzene rings is 1. The maximum absolute atomic E-state index is 13.0. The molecule has 156 valence electrons. The quantitative estimate of drug-likeness (QED) is 0.501. The summed E-state index contributed by atoms with van der Waals surface area (Å²) in [6.45, 7) is 7.23. The summed E-state index contributed by atoms with van der Waals surface area (Å²) in [5.74, 6) is -0.438. The van der Waals surface area contributed by atoms with Gasteiger partial charge in [-0.3, -0.25) is 9.59 Å². The minimum absolute atomic E-state index is 0.181. The number of unbranched alkanes of at least 4 members (excludes halogenated alkanes) is 2. The lowest BCUT2D eigenvalue weighted by Crippen LogP contribution is -2.47. The van der Waals surface area contributed by atoms with Crippen LogP contribution in [-0.2, 0) is 9.59 Å². The molecule has 1 aromatic carbocycles. The van der Waals surface area contributed by atoms with Crippen molar-refractivity contribution in [1.82, 2.24) is 9.80 Å². The summed E-state index contributed by atoms with van der Waals surface area (Å²) in [5, 5.41) is 12.2. The summed E-state index contributed by atoms with van der Waals surface area (Å²) in [6.07, 6.45) is 7.45. The van der Waals surface area contributed by atoms with Gasteiger partial charge < -0.3 is 20.2 Å². The molecule has 0 saturated carbocycles. The SMILES string of the molecule is C=C1CN(C(=O)/C=C/CO)CCN1/C(=C\CCCC)C(=O)Nc1ccccc1Cl. The molecule has 2 amide bonds. The Morgan fingerprint density at radius 3 is 2.72 bits per heavy atom. The smallest absolute Gasteiger partial charge is 0.271 e. The number of aliphatic hydroxyl groups excluding tert-OH is 1. The van der Waals surface area contributed by atoms with Crippen LogP contribution in [0.15, 0.2) is 60.5 Å². The number of para-hydroxylation sites is 1. The van der Waals surface area contributed by atoms with Crippen molar-refractivity contribution in [1.29, 1.82) is 0 Å². The molecule has 0 atom stereocenters. The fraction of sp³-hybridized carbons (Fsp3) is 0.364. The number of nitrogens with zero attached hydrogens (tertiary/aromatic N) is 2. The topological polar surface area (TPSA) is 72.9 Å². The second-order valence-electron chi connectivity index (χ2n) is 6.73. The fourth-order valence-electron chi connectivity index (χ4n) is 3.02. The Kier molecular flexibility index (Phi) is 8.96. The van der Waals surface area contributed by atoms with Crippen molar-refractivity contribution in [3.8, 4) is 0 Å². The second kappa shape index (κ2) is 11.4. The van der Waals surface area contributed by atoms with Crippen molar-refractivity contribution in [2.24, 2.45) is 0 Å². The van der Waals surface area contributed by atoms with Crippen LogP contribution in [-0.4, -0.2) is 53.0 Å². The van der Waals surface area contributed by atoms with Gasteiger partial charge in [-0.2, -0.15) is 0 Å². The van der Waals surface area contributed by atoms with E-state index in [9.17, 15) is 9.59 Å². The largest absolute Gasteiger partial charge is 0.392 e. The van der Waals surface area contributed by atoms with Crippen LogP contribution in [0.2, 0.25) is 5.02 Å². The molecular formula is C22H28ClN3O3. The summed E-state index contributed by atoms with van der Waals surface area (Å²) >= 11 is 6.18. The minimum Gasteiger partial charge on any atom is -0.392 e. The number of piperazine rings is 1. The number of rotatable bonds is 8. The van der Waals surface area contributed by atoms with Gasteiger partial charge in [0.05, 0.1) is 23.9 Å². The molecule has 1 aromatic rings. The normalized spacial score (nSPS) is 15.1. The fourth-order valence-corrected chi connectivity index (χ4v) is 3.20. The summed E-state index contributed by atoms with van der Waals surface area (Å²) in [7, 11) is 0. The Balaban J connectivity index is 2.15. The highest BCUT2D eigenvalue weighted by molar-refractivity contribution is 6.33. The standard InChI is InChI=1S/C22H28ClN3O3/c1-3-4-5-11-20(22(29)24-19-10-7-6-9-18(19)23)26-14-13-25(16-17(26)2)21(28)12-8-15-27/h6-12,27H,2-5,13-16H2,1H3,(H,24,29)/b12-8+,20-11-. The number of amides is 2. The van der Waals surface area contributed by atoms with Crippen LogP contribution in [0.5, 0.6) is 0 Å². The molecule has 0 spiro atoms. The van der Waals surface area contributed by atoms with Crippen LogP contribution in [0.3, 0.4) is 0 Å². The van der Waals surface area contributed by atoms with Gasteiger partial charge in [0, 0.05) is 24.9 Å². The third-order valence-corrected chi connectivity index (χ3v) is 4.90. The van der Waals surface area contributed by atoms with E-state index >= 15 is 0 Å². The first-order valence-electron chi connectivity index (χ1n) is 9.75. The van der Waals surface area contributed by atoms with Gasteiger partial charge in [-0.25, -0.2) is 0 Å². The number of anilines is 1. The highest BCUT2D eigenvalue weighted by atomic mass is 35.5. The predicted octanol–water partition coefficient (Wildman–Crippen LogP) is 3.56. The second-order valence-corrected chi connectivity index (χ2v) is 7.14. The number of halogens is 1. The number of carbonyl (C=O) groups is 2. The number of hydrogen-bond acceptors (Lipinski definition) is 4. The van der Waals surface area contributed by atoms with Gasteiger partial charge in [0.25, 0.3) is 5.91 Å². The molecule has 1 aliphatic rings. The molecule has 0 aromatic heterocycles. The lowest BCUT2D eigenvalue weighted by molar-refractivity contribution is -0.126. The van der Waals surface area contributed by atoms with E-state index in [0.717, 1.165) is 19.3 Å². The molecule has 2 N–H and O–H groups in total. The monoisotopic (exact) mass is 417 g/mol. The first-order valence-corrected chi connectivity index (χ1v) is 10.1. The van der Waals surface area contributed by atoms with Crippen LogP contribution >= 0.6 is 11.6 Å². The van der Waals surface area contributed by atoms with Gasteiger partial charge in [0.15, 0.2) is 0 Å². The zero-order valence-corrected chi connectivity index (χ0v) is 17.5. The first-order chi connectivity index (χ1) is 14.0. The third-order valence-electron chi connectivity index (χ3n) is 4.57. The number of hydrogen-bond donors (Lipinski definition) is 2. The molecule has 1 heterocycles. The number of nitrogens with one attached hydrogen (secondary N) is 1. The van der Waals surface area contributed by atoms with E-state index in [4.69, 9.17) is 16.7 Å². The molecule has 0 aliphatic carbocycles. The Labute approximate surface area is 177 Å². The van der Waals surface area contributed by atoms with Gasteiger partial charge >= 0.3 is 0 Å². The van der Waals surface area contributed by atoms with Gasteiger partial charge in [-0.1, -0.05) is 55.8 Å². The molecule has 1 aliphatic heterocycles. The maximum atomic E-state index is 13.0. The van der Waals surface area contributed by atoms with Crippen molar-refractivity contribution in [3.63, 3.8) is 0 Å². The Morgan fingerprint density at radius 1 is 1.31 bits per heavy atom. The minimum atomic E-state index is -0.254. The van der Waals surface area contributed by atoms with Crippen molar-refractivity contribution < 1.29 is 14.7 Å². The van der Waals surface area contributed by atoms with Crippen LogP contribution in [0.4, 0.5) is 5.69 Å². The molecule has 7 heteroatoms. The highest BCUT2D eigenvalue weighted by Gasteiger charge is 2.27. The molecule has 0 bridgehead atoms. The van der Waals surface area contributed by atoms with Gasteiger partial charge in [0.2, 0.25) is 5.91 Å². The van der Waals surface area contributed by atoms with E-state index < -0.39 is 0 Å². The maximum Gasteiger partial charge on any atom is 0.271 e. The van der Waals surface area contributed by atoms with E-state index in [1.165, 1.54) is 12.2 Å². The highest BCUT2D eigenvalue weighted by Crippen LogP contribution is 2.24. The first kappa shape index (κ1) is 22.7. The third kappa shape index (κ3) is 6.48. The van der Waals surface area contributed by atoms with Crippen LogP contribution < -0.4 is 5.32 Å². The van der Waals surface area contributed by atoms with Crippen LogP contribution in [0.25, 0.3) is 0 Å². The van der Waals surface area contributed by atoms with Crippen molar-refractivity contribution in [3.05, 3.63) is 65.5 Å². The lowest BCUT2D eigenvalue weighted by atomic mass is 10.1. The van der Waals surface area contributed by atoms with E-state index in [1.54, 1.807) is 23.1 Å². The Hall–Kier alpha value is -2.57. The van der Waals surface area contributed by atoms with Crippen LogP contribution in [0, 0.1) is 0 Å². The molecule has 0 unspecified atom stereocenters. The zero-order chi connectivity index (χ0) is 21.2. The number of aliphatic hydroxyl groups is 1. The Bertz CT molecular complexity index is 804. The van der Waals surface area contributed by atoms with Crippen molar-refractivity contribution in [2.45, 2.75) is 26.2 Å². The predicted molar refractivity (Wildman–Crippen MR) is 116 cm³/mol. The average Bonchev–Trinajstić information content (AvgIpc) is 2.71. The molecule has 1 fully saturated rings. The summed E-state index contributed by atoms with van der Waals surface area (Å²) in [5.41, 5.74) is 1.73. The molecule has 0 radical (unpaired) electrons.